The van der Waals surface area contributed by atoms with E-state index in [1.165, 1.54) is 12.8 Å². The van der Waals surface area contributed by atoms with Crippen LogP contribution in [-0.4, -0.2) is 32.3 Å². The van der Waals surface area contributed by atoms with Crippen molar-refractivity contribution < 1.29 is 13.9 Å². The van der Waals surface area contributed by atoms with Crippen molar-refractivity contribution in [3.05, 3.63) is 48.9 Å². The van der Waals surface area contributed by atoms with Gasteiger partial charge < -0.3 is 18.8 Å². The minimum absolute atomic E-state index is 0.698. The molecular weight excluding hydrogens is 376 g/mol. The summed E-state index contributed by atoms with van der Waals surface area (Å²) in [4.78, 5) is 7.18. The highest BCUT2D eigenvalue weighted by Gasteiger charge is 2.19. The number of hydrogen-bond acceptors (Lipinski definition) is 5. The number of aromatic nitrogens is 1. The number of rotatable bonds is 4. The van der Waals surface area contributed by atoms with E-state index < -0.39 is 0 Å². The fraction of sp³-hybridized carbons (Fsp3) is 0.320. The summed E-state index contributed by atoms with van der Waals surface area (Å²) in [5, 5.41) is 3.18. The zero-order valence-corrected chi connectivity index (χ0v) is 17.6. The van der Waals surface area contributed by atoms with Crippen LogP contribution in [0.2, 0.25) is 0 Å². The van der Waals surface area contributed by atoms with E-state index in [0.29, 0.717) is 11.5 Å². The van der Waals surface area contributed by atoms with E-state index in [1.807, 2.05) is 24.4 Å². The number of nitrogens with zero attached hydrogens (tertiary/aromatic N) is 2. The molecule has 0 amide bonds. The number of methoxy groups -OCH3 is 2. The van der Waals surface area contributed by atoms with Crippen LogP contribution < -0.4 is 14.4 Å². The predicted octanol–water partition coefficient (Wildman–Crippen LogP) is 5.90. The first-order chi connectivity index (χ1) is 14.7. The van der Waals surface area contributed by atoms with Crippen LogP contribution >= 0.6 is 0 Å². The molecule has 154 valence electrons. The third kappa shape index (κ3) is 3.15. The van der Waals surface area contributed by atoms with Crippen molar-refractivity contribution in [1.82, 2.24) is 4.98 Å². The molecule has 1 aliphatic rings. The number of piperidine rings is 1. The average Bonchev–Trinajstić information content (AvgIpc) is 3.25. The lowest BCUT2D eigenvalue weighted by Crippen LogP contribution is -2.33. The van der Waals surface area contributed by atoms with Gasteiger partial charge in [0.1, 0.15) is 11.4 Å². The molecule has 0 unspecified atom stereocenters. The molecule has 4 aromatic rings. The number of furan rings is 1. The summed E-state index contributed by atoms with van der Waals surface area (Å²) in [5.41, 5.74) is 2.91. The van der Waals surface area contributed by atoms with Crippen LogP contribution in [0.1, 0.15) is 19.8 Å². The second kappa shape index (κ2) is 7.56. The van der Waals surface area contributed by atoms with Gasteiger partial charge >= 0.3 is 0 Å². The first kappa shape index (κ1) is 18.8. The third-order valence-corrected chi connectivity index (χ3v) is 6.20. The van der Waals surface area contributed by atoms with Crippen LogP contribution in [0.3, 0.4) is 0 Å². The molecule has 2 aromatic carbocycles. The summed E-state index contributed by atoms with van der Waals surface area (Å²) in [5.74, 6) is 3.26. The highest BCUT2D eigenvalue weighted by Crippen LogP contribution is 2.41. The predicted molar refractivity (Wildman–Crippen MR) is 121 cm³/mol. The van der Waals surface area contributed by atoms with Crippen LogP contribution in [-0.2, 0) is 0 Å². The molecule has 1 aliphatic heterocycles. The minimum atomic E-state index is 0.698. The Kier molecular flexibility index (Phi) is 4.74. The second-order valence-corrected chi connectivity index (χ2v) is 8.09. The fourth-order valence-electron chi connectivity index (χ4n) is 4.40. The van der Waals surface area contributed by atoms with Crippen LogP contribution in [0.25, 0.3) is 32.9 Å². The molecule has 0 atom stereocenters. The quantitative estimate of drug-likeness (QED) is 0.425. The number of anilines is 1. The van der Waals surface area contributed by atoms with Gasteiger partial charge in [-0.3, -0.25) is 0 Å². The third-order valence-electron chi connectivity index (χ3n) is 6.20. The summed E-state index contributed by atoms with van der Waals surface area (Å²) in [6.45, 7) is 4.47. The monoisotopic (exact) mass is 402 g/mol. The van der Waals surface area contributed by atoms with Crippen LogP contribution in [0.4, 0.5) is 5.82 Å². The molecule has 1 saturated heterocycles. The number of pyridine rings is 1. The number of ether oxygens (including phenoxy) is 2. The Morgan fingerprint density at radius 3 is 2.43 bits per heavy atom. The molecule has 30 heavy (non-hydrogen) atoms. The summed E-state index contributed by atoms with van der Waals surface area (Å²) >= 11 is 0. The smallest absolute Gasteiger partial charge is 0.161 e. The fourth-order valence-corrected chi connectivity index (χ4v) is 4.40. The number of hydrogen-bond donors (Lipinski definition) is 0. The van der Waals surface area contributed by atoms with Crippen molar-refractivity contribution in [2.75, 3.05) is 32.2 Å². The Bertz CT molecular complexity index is 1190. The molecule has 5 heteroatoms. The minimum Gasteiger partial charge on any atom is -0.493 e. The second-order valence-electron chi connectivity index (χ2n) is 8.09. The molecule has 0 N–H and O–H groups in total. The molecule has 0 saturated carbocycles. The normalized spacial score (nSPS) is 15.1. The maximum atomic E-state index is 5.89. The van der Waals surface area contributed by atoms with Gasteiger partial charge in [0, 0.05) is 35.8 Å². The van der Waals surface area contributed by atoms with E-state index in [-0.39, 0.29) is 0 Å². The van der Waals surface area contributed by atoms with Crippen molar-refractivity contribution in [1.29, 1.82) is 0 Å². The van der Waals surface area contributed by atoms with E-state index in [0.717, 1.165) is 57.7 Å². The molecule has 2 aromatic heterocycles. The van der Waals surface area contributed by atoms with Gasteiger partial charge in [0.25, 0.3) is 0 Å². The maximum absolute atomic E-state index is 5.89. The van der Waals surface area contributed by atoms with Crippen LogP contribution in [0.15, 0.2) is 53.3 Å². The highest BCUT2D eigenvalue weighted by atomic mass is 16.5. The summed E-state index contributed by atoms with van der Waals surface area (Å²) in [6, 6.07) is 12.4. The van der Waals surface area contributed by atoms with E-state index in [9.17, 15) is 0 Å². The molecule has 1 fully saturated rings. The average molecular weight is 402 g/mol. The van der Waals surface area contributed by atoms with Gasteiger partial charge in [0.2, 0.25) is 0 Å². The molecule has 0 spiro atoms. The Morgan fingerprint density at radius 2 is 1.73 bits per heavy atom. The summed E-state index contributed by atoms with van der Waals surface area (Å²) in [6.07, 6.45) is 6.14. The van der Waals surface area contributed by atoms with Gasteiger partial charge in [-0.1, -0.05) is 6.92 Å². The molecule has 5 nitrogen and oxygen atoms in total. The summed E-state index contributed by atoms with van der Waals surface area (Å²) < 4.78 is 17.0. The summed E-state index contributed by atoms with van der Waals surface area (Å²) in [7, 11) is 3.32. The van der Waals surface area contributed by atoms with E-state index in [4.69, 9.17) is 18.9 Å². The van der Waals surface area contributed by atoms with Gasteiger partial charge in [0.05, 0.1) is 20.5 Å². The largest absolute Gasteiger partial charge is 0.493 e. The topological polar surface area (TPSA) is 47.7 Å². The van der Waals surface area contributed by atoms with Gasteiger partial charge in [-0.25, -0.2) is 4.98 Å². The lowest BCUT2D eigenvalue weighted by molar-refractivity contribution is 0.356. The van der Waals surface area contributed by atoms with Crippen molar-refractivity contribution in [3.8, 4) is 22.6 Å². The van der Waals surface area contributed by atoms with Crippen molar-refractivity contribution in [3.63, 3.8) is 0 Å². The van der Waals surface area contributed by atoms with Gasteiger partial charge in [-0.2, -0.15) is 0 Å². The molecule has 0 radical (unpaired) electrons. The van der Waals surface area contributed by atoms with Gasteiger partial charge in [0.15, 0.2) is 11.5 Å². The Morgan fingerprint density at radius 1 is 0.967 bits per heavy atom. The van der Waals surface area contributed by atoms with Crippen molar-refractivity contribution >= 4 is 27.6 Å². The number of fused-ring (bicyclic) bond motifs is 2. The van der Waals surface area contributed by atoms with E-state index in [1.54, 1.807) is 20.5 Å². The molecule has 0 bridgehead atoms. The van der Waals surface area contributed by atoms with Gasteiger partial charge in [-0.15, -0.1) is 0 Å². The van der Waals surface area contributed by atoms with Crippen LogP contribution in [0, 0.1) is 5.92 Å². The van der Waals surface area contributed by atoms with Gasteiger partial charge in [-0.05, 0) is 65.9 Å². The Balaban J connectivity index is 1.64. The standard InChI is InChI=1S/C25H26N2O3/c1-16-6-9-27(10-7-16)23-5-4-18(15-26-23)24-20-14-22(29-3)21(28-2)13-19(20)12-17-8-11-30-25(17)24/h4-5,8,11-16H,6-7,9-10H2,1-3H3. The Labute approximate surface area is 176 Å². The molecule has 3 heterocycles. The highest BCUT2D eigenvalue weighted by molar-refractivity contribution is 6.11. The number of benzene rings is 2. The first-order valence-corrected chi connectivity index (χ1v) is 10.4. The van der Waals surface area contributed by atoms with Crippen molar-refractivity contribution in [2.45, 2.75) is 19.8 Å². The SMILES string of the molecule is COc1cc2cc3ccoc3c(-c3ccc(N4CCC(C)CC4)nc3)c2cc1OC. The van der Waals surface area contributed by atoms with E-state index >= 15 is 0 Å². The molecule has 5 rings (SSSR count). The molecular formula is C25H26N2O3. The van der Waals surface area contributed by atoms with Crippen LogP contribution in [0.5, 0.6) is 11.5 Å². The van der Waals surface area contributed by atoms with E-state index in [2.05, 4.69) is 30.0 Å². The zero-order valence-electron chi connectivity index (χ0n) is 17.6. The zero-order chi connectivity index (χ0) is 20.7. The Hall–Kier alpha value is -3.21. The molecule has 0 aliphatic carbocycles. The lowest BCUT2D eigenvalue weighted by atomic mass is 9.96. The lowest BCUT2D eigenvalue weighted by Gasteiger charge is -2.31. The maximum Gasteiger partial charge on any atom is 0.161 e. The first-order valence-electron chi connectivity index (χ1n) is 10.4. The van der Waals surface area contributed by atoms with Crippen molar-refractivity contribution in [2.24, 2.45) is 5.92 Å².